The van der Waals surface area contributed by atoms with E-state index in [-0.39, 0.29) is 24.0 Å². The second kappa shape index (κ2) is 8.61. The molecule has 2 aromatic heterocycles. The minimum absolute atomic E-state index is 0.0775. The normalized spacial score (nSPS) is 25.5. The molecule has 0 spiro atoms. The molecular weight excluding hydrogens is 412 g/mol. The number of aliphatic hydroxyl groups excluding tert-OH is 1. The van der Waals surface area contributed by atoms with Crippen LogP contribution in [-0.2, 0) is 16.1 Å². The van der Waals surface area contributed by atoms with Gasteiger partial charge in [-0.1, -0.05) is 24.3 Å². The maximum Gasteiger partial charge on any atom is 0.229 e. The molecule has 0 saturated heterocycles. The van der Waals surface area contributed by atoms with Crippen molar-refractivity contribution in [2.75, 3.05) is 5.32 Å². The van der Waals surface area contributed by atoms with Crippen molar-refractivity contribution in [2.45, 2.75) is 57.8 Å². The number of amides is 1. The van der Waals surface area contributed by atoms with E-state index < -0.39 is 0 Å². The van der Waals surface area contributed by atoms with Crippen molar-refractivity contribution in [2.24, 2.45) is 11.8 Å². The Hall–Kier alpha value is -2.42. The molecule has 5 rings (SSSR count). The summed E-state index contributed by atoms with van der Waals surface area (Å²) in [6.07, 6.45) is 7.70. The second-order valence-corrected chi connectivity index (χ2v) is 9.73. The van der Waals surface area contributed by atoms with Crippen molar-refractivity contribution in [3.05, 3.63) is 36.4 Å². The van der Waals surface area contributed by atoms with E-state index in [4.69, 9.17) is 4.74 Å². The molecule has 1 amide bonds. The highest BCUT2D eigenvalue weighted by Crippen LogP contribution is 2.35. The fourth-order valence-corrected chi connectivity index (χ4v) is 5.25. The average molecular weight is 439 g/mol. The molecule has 1 aromatic carbocycles. The van der Waals surface area contributed by atoms with Crippen LogP contribution in [0.2, 0.25) is 0 Å². The maximum absolute atomic E-state index is 12.3. The standard InChI is InChI=1S/C23H26N4O3S/c1-13-7-15(8-13)22(29)27-23-26-17-6-5-14(9-20(17)31-23)16-10-24-21(25-11-16)12-30-19-4-2-3-18(19)28/h5-6,9-11,13,15,18-19,28H,2-4,7-8,12H2,1H3,(H,26,27,29)/t13-,15-,18-,19-/m0/s1. The third-order valence-electron chi connectivity index (χ3n) is 6.25. The average Bonchev–Trinajstić information content (AvgIpc) is 3.34. The van der Waals surface area contributed by atoms with Crippen LogP contribution in [0.1, 0.15) is 44.9 Å². The van der Waals surface area contributed by atoms with Gasteiger partial charge in [0.2, 0.25) is 5.91 Å². The SMILES string of the molecule is C[C@H]1C[C@H](C(=O)Nc2nc3ccc(-c4cnc(CO[C@H]5CCC[C@@H]5O)nc4)cc3s2)C1. The maximum atomic E-state index is 12.3. The molecule has 0 bridgehead atoms. The van der Waals surface area contributed by atoms with Crippen molar-refractivity contribution < 1.29 is 14.6 Å². The van der Waals surface area contributed by atoms with Crippen LogP contribution in [0.3, 0.4) is 0 Å². The number of aliphatic hydroxyl groups is 1. The van der Waals surface area contributed by atoms with E-state index >= 15 is 0 Å². The van der Waals surface area contributed by atoms with E-state index in [2.05, 4.69) is 33.3 Å². The van der Waals surface area contributed by atoms with Gasteiger partial charge in [0.15, 0.2) is 11.0 Å². The van der Waals surface area contributed by atoms with Gasteiger partial charge in [-0.05, 0) is 55.7 Å². The summed E-state index contributed by atoms with van der Waals surface area (Å²) in [5.41, 5.74) is 2.78. The predicted molar refractivity (Wildman–Crippen MR) is 120 cm³/mol. The lowest BCUT2D eigenvalue weighted by molar-refractivity contribution is -0.123. The fraction of sp³-hybridized carbons (Fsp3) is 0.478. The molecule has 2 aliphatic carbocycles. The Labute approximate surface area is 184 Å². The quantitative estimate of drug-likeness (QED) is 0.600. The van der Waals surface area contributed by atoms with Crippen molar-refractivity contribution in [1.82, 2.24) is 15.0 Å². The number of aromatic nitrogens is 3. The summed E-state index contributed by atoms with van der Waals surface area (Å²) in [5, 5.41) is 13.5. The van der Waals surface area contributed by atoms with Gasteiger partial charge in [-0.2, -0.15) is 0 Å². The Morgan fingerprint density at radius 2 is 2.03 bits per heavy atom. The van der Waals surface area contributed by atoms with Crippen molar-refractivity contribution >= 4 is 32.6 Å². The molecule has 7 nitrogen and oxygen atoms in total. The number of rotatable bonds is 6. The molecule has 2 heterocycles. The highest BCUT2D eigenvalue weighted by molar-refractivity contribution is 7.22. The topological polar surface area (TPSA) is 97.2 Å². The van der Waals surface area contributed by atoms with Gasteiger partial charge in [0.25, 0.3) is 0 Å². The summed E-state index contributed by atoms with van der Waals surface area (Å²) in [4.78, 5) is 25.7. The summed E-state index contributed by atoms with van der Waals surface area (Å²) in [7, 11) is 0. The van der Waals surface area contributed by atoms with E-state index in [0.717, 1.165) is 53.4 Å². The van der Waals surface area contributed by atoms with Crippen LogP contribution >= 0.6 is 11.3 Å². The van der Waals surface area contributed by atoms with E-state index in [1.807, 2.05) is 12.1 Å². The molecular formula is C23H26N4O3S. The zero-order valence-electron chi connectivity index (χ0n) is 17.5. The number of hydrogen-bond donors (Lipinski definition) is 2. The molecule has 0 radical (unpaired) electrons. The molecule has 8 heteroatoms. The number of nitrogens with one attached hydrogen (secondary N) is 1. The highest BCUT2D eigenvalue weighted by Gasteiger charge is 2.31. The van der Waals surface area contributed by atoms with E-state index in [1.165, 1.54) is 11.3 Å². The summed E-state index contributed by atoms with van der Waals surface area (Å²) >= 11 is 1.49. The molecule has 2 atom stereocenters. The van der Waals surface area contributed by atoms with Gasteiger partial charge in [0, 0.05) is 23.9 Å². The molecule has 2 aliphatic rings. The summed E-state index contributed by atoms with van der Waals surface area (Å²) < 4.78 is 6.77. The smallest absolute Gasteiger partial charge is 0.229 e. The fourth-order valence-electron chi connectivity index (χ4n) is 4.34. The predicted octanol–water partition coefficient (Wildman–Crippen LogP) is 4.17. The summed E-state index contributed by atoms with van der Waals surface area (Å²) in [6.45, 7) is 2.48. The van der Waals surface area contributed by atoms with Gasteiger partial charge < -0.3 is 15.2 Å². The molecule has 31 heavy (non-hydrogen) atoms. The first-order valence-electron chi connectivity index (χ1n) is 10.9. The van der Waals surface area contributed by atoms with Gasteiger partial charge in [-0.25, -0.2) is 15.0 Å². The molecule has 2 fully saturated rings. The monoisotopic (exact) mass is 438 g/mol. The third kappa shape index (κ3) is 4.46. The van der Waals surface area contributed by atoms with Crippen LogP contribution in [0.5, 0.6) is 0 Å². The Bertz CT molecular complexity index is 1080. The molecule has 0 aliphatic heterocycles. The van der Waals surface area contributed by atoms with E-state index in [1.54, 1.807) is 12.4 Å². The number of anilines is 1. The van der Waals surface area contributed by atoms with E-state index in [0.29, 0.717) is 23.5 Å². The molecule has 162 valence electrons. The van der Waals surface area contributed by atoms with Gasteiger partial charge in [-0.3, -0.25) is 4.79 Å². The Morgan fingerprint density at radius 3 is 2.74 bits per heavy atom. The minimum atomic E-state index is -0.377. The van der Waals surface area contributed by atoms with Crippen LogP contribution in [0, 0.1) is 11.8 Å². The second-order valence-electron chi connectivity index (χ2n) is 8.70. The number of hydrogen-bond acceptors (Lipinski definition) is 7. The minimum Gasteiger partial charge on any atom is -0.390 e. The number of ether oxygens (including phenoxy) is 1. The number of carbonyl (C=O) groups excluding carboxylic acids is 1. The zero-order valence-corrected chi connectivity index (χ0v) is 18.3. The number of benzene rings is 1. The number of thiazole rings is 1. The lowest BCUT2D eigenvalue weighted by Gasteiger charge is -2.30. The van der Waals surface area contributed by atoms with Crippen molar-refractivity contribution in [1.29, 1.82) is 0 Å². The number of carbonyl (C=O) groups is 1. The number of fused-ring (bicyclic) bond motifs is 1. The van der Waals surface area contributed by atoms with Gasteiger partial charge in [0.1, 0.15) is 6.61 Å². The van der Waals surface area contributed by atoms with Gasteiger partial charge in [-0.15, -0.1) is 0 Å². The lowest BCUT2D eigenvalue weighted by atomic mass is 9.76. The first-order chi connectivity index (χ1) is 15.0. The molecule has 3 aromatic rings. The first kappa shape index (κ1) is 20.5. The molecule has 2 N–H and O–H groups in total. The van der Waals surface area contributed by atoms with Crippen LogP contribution in [0.25, 0.3) is 21.3 Å². The lowest BCUT2D eigenvalue weighted by Crippen LogP contribution is -2.33. The summed E-state index contributed by atoms with van der Waals surface area (Å²) in [5.74, 6) is 1.45. The summed E-state index contributed by atoms with van der Waals surface area (Å²) in [6, 6.07) is 6.00. The molecule has 0 unspecified atom stereocenters. The Morgan fingerprint density at radius 1 is 1.23 bits per heavy atom. The number of nitrogens with zero attached hydrogens (tertiary/aromatic N) is 3. The van der Waals surface area contributed by atoms with Crippen LogP contribution in [0.15, 0.2) is 30.6 Å². The zero-order chi connectivity index (χ0) is 21.4. The van der Waals surface area contributed by atoms with Gasteiger partial charge in [0.05, 0.1) is 22.4 Å². The van der Waals surface area contributed by atoms with Crippen molar-refractivity contribution in [3.8, 4) is 11.1 Å². The van der Waals surface area contributed by atoms with Crippen LogP contribution < -0.4 is 5.32 Å². The first-order valence-corrected chi connectivity index (χ1v) is 11.7. The third-order valence-corrected chi connectivity index (χ3v) is 7.18. The molecule has 2 saturated carbocycles. The Balaban J connectivity index is 1.25. The highest BCUT2D eigenvalue weighted by atomic mass is 32.1. The van der Waals surface area contributed by atoms with E-state index in [9.17, 15) is 9.90 Å². The van der Waals surface area contributed by atoms with Crippen molar-refractivity contribution in [3.63, 3.8) is 0 Å². The van der Waals surface area contributed by atoms with Crippen LogP contribution in [0.4, 0.5) is 5.13 Å². The largest absolute Gasteiger partial charge is 0.390 e. The van der Waals surface area contributed by atoms with Gasteiger partial charge >= 0.3 is 0 Å². The Kier molecular flexibility index (Phi) is 5.69. The van der Waals surface area contributed by atoms with Crippen LogP contribution in [-0.4, -0.2) is 38.2 Å².